The van der Waals surface area contributed by atoms with E-state index in [9.17, 15) is 4.79 Å². The summed E-state index contributed by atoms with van der Waals surface area (Å²) in [5.41, 5.74) is 0.792. The van der Waals surface area contributed by atoms with E-state index in [0.717, 1.165) is 5.56 Å². The van der Waals surface area contributed by atoms with Gasteiger partial charge in [0.25, 0.3) is 0 Å². The van der Waals surface area contributed by atoms with E-state index in [0.29, 0.717) is 5.88 Å². The van der Waals surface area contributed by atoms with Crippen LogP contribution in [0.25, 0.3) is 0 Å². The van der Waals surface area contributed by atoms with Gasteiger partial charge in [0, 0.05) is 18.2 Å². The number of carboxylic acids is 1. The minimum atomic E-state index is -0.731. The Morgan fingerprint density at radius 1 is 1.50 bits per heavy atom. The molecule has 0 radical (unpaired) electrons. The molecule has 2 atom stereocenters. The zero-order chi connectivity index (χ0) is 11.9. The maximum atomic E-state index is 11.0. The van der Waals surface area contributed by atoms with Crippen molar-refractivity contribution in [2.45, 2.75) is 19.8 Å². The van der Waals surface area contributed by atoms with Crippen molar-refractivity contribution in [2.75, 3.05) is 7.11 Å². The van der Waals surface area contributed by atoms with Gasteiger partial charge in [-0.1, -0.05) is 19.9 Å². The highest BCUT2D eigenvalue weighted by molar-refractivity contribution is 5.77. The van der Waals surface area contributed by atoms with Crippen LogP contribution in [-0.4, -0.2) is 23.2 Å². The van der Waals surface area contributed by atoms with Crippen molar-refractivity contribution in [3.8, 4) is 5.88 Å². The van der Waals surface area contributed by atoms with E-state index in [2.05, 4.69) is 4.98 Å². The first-order valence-electron chi connectivity index (χ1n) is 5.21. The maximum absolute atomic E-state index is 11.0. The molecule has 0 aromatic carbocycles. The second-order valence-corrected chi connectivity index (χ2v) is 4.75. The lowest BCUT2D eigenvalue weighted by atomic mass is 10.1. The number of methoxy groups -OCH3 is 1. The van der Waals surface area contributed by atoms with E-state index < -0.39 is 5.97 Å². The Morgan fingerprint density at radius 2 is 2.19 bits per heavy atom. The molecule has 1 N–H and O–H groups in total. The number of ether oxygens (including phenoxy) is 1. The molecule has 1 aliphatic carbocycles. The number of aliphatic carboxylic acids is 1. The van der Waals surface area contributed by atoms with Gasteiger partial charge >= 0.3 is 5.97 Å². The fraction of sp³-hybridized carbons (Fsp3) is 0.500. The van der Waals surface area contributed by atoms with Crippen LogP contribution < -0.4 is 4.74 Å². The van der Waals surface area contributed by atoms with Gasteiger partial charge in [-0.05, 0) is 11.0 Å². The molecule has 4 nitrogen and oxygen atoms in total. The van der Waals surface area contributed by atoms with Gasteiger partial charge in [-0.3, -0.25) is 4.79 Å². The smallest absolute Gasteiger partial charge is 0.307 e. The van der Waals surface area contributed by atoms with E-state index in [1.807, 2.05) is 19.9 Å². The van der Waals surface area contributed by atoms with Crippen LogP contribution in [0.1, 0.15) is 25.3 Å². The van der Waals surface area contributed by atoms with Crippen LogP contribution in [0.4, 0.5) is 0 Å². The molecule has 1 aromatic heterocycles. The van der Waals surface area contributed by atoms with Crippen molar-refractivity contribution in [1.82, 2.24) is 4.98 Å². The third-order valence-corrected chi connectivity index (χ3v) is 3.42. The van der Waals surface area contributed by atoms with Crippen molar-refractivity contribution < 1.29 is 14.6 Å². The molecule has 86 valence electrons. The average molecular weight is 221 g/mol. The zero-order valence-corrected chi connectivity index (χ0v) is 9.60. The van der Waals surface area contributed by atoms with Crippen LogP contribution >= 0.6 is 0 Å². The lowest BCUT2D eigenvalue weighted by Crippen LogP contribution is -2.03. The molecular formula is C12H15NO3. The van der Waals surface area contributed by atoms with Crippen molar-refractivity contribution in [2.24, 2.45) is 11.3 Å². The lowest BCUT2D eigenvalue weighted by Gasteiger charge is -2.03. The van der Waals surface area contributed by atoms with E-state index >= 15 is 0 Å². The summed E-state index contributed by atoms with van der Waals surface area (Å²) in [6.07, 6.45) is 1.70. The van der Waals surface area contributed by atoms with Crippen molar-refractivity contribution in [1.29, 1.82) is 0 Å². The highest BCUT2D eigenvalue weighted by atomic mass is 16.5. The van der Waals surface area contributed by atoms with Gasteiger partial charge in [-0.2, -0.15) is 0 Å². The van der Waals surface area contributed by atoms with Crippen molar-refractivity contribution in [3.05, 3.63) is 23.9 Å². The normalized spacial score (nSPS) is 26.2. The Balaban J connectivity index is 2.23. The number of nitrogens with zero attached hydrogens (tertiary/aromatic N) is 1. The third kappa shape index (κ3) is 1.54. The molecule has 0 amide bonds. The van der Waals surface area contributed by atoms with Crippen LogP contribution in [0.2, 0.25) is 0 Å². The molecule has 1 aromatic rings. The zero-order valence-electron chi connectivity index (χ0n) is 9.60. The number of rotatable bonds is 3. The van der Waals surface area contributed by atoms with Gasteiger partial charge in [0.15, 0.2) is 0 Å². The highest BCUT2D eigenvalue weighted by Gasteiger charge is 2.62. The van der Waals surface area contributed by atoms with Gasteiger partial charge in [0.1, 0.15) is 0 Å². The molecule has 0 spiro atoms. The van der Waals surface area contributed by atoms with Gasteiger partial charge in [0.2, 0.25) is 5.88 Å². The third-order valence-electron chi connectivity index (χ3n) is 3.42. The highest BCUT2D eigenvalue weighted by Crippen LogP contribution is 2.64. The molecule has 16 heavy (non-hydrogen) atoms. The van der Waals surface area contributed by atoms with E-state index in [4.69, 9.17) is 9.84 Å². The van der Waals surface area contributed by atoms with Crippen LogP contribution in [0.15, 0.2) is 18.3 Å². The minimum Gasteiger partial charge on any atom is -0.481 e. The molecule has 1 heterocycles. The predicted molar refractivity (Wildman–Crippen MR) is 58.4 cm³/mol. The fourth-order valence-electron chi connectivity index (χ4n) is 2.42. The number of carboxylic acid groups (broad SMARTS) is 1. The number of pyridine rings is 1. The van der Waals surface area contributed by atoms with Gasteiger partial charge in [-0.15, -0.1) is 0 Å². The number of hydrogen-bond donors (Lipinski definition) is 1. The van der Waals surface area contributed by atoms with Crippen LogP contribution in [0.3, 0.4) is 0 Å². The topological polar surface area (TPSA) is 59.4 Å². The fourth-order valence-corrected chi connectivity index (χ4v) is 2.42. The molecule has 1 aliphatic rings. The number of aromatic nitrogens is 1. The molecule has 0 saturated heterocycles. The summed E-state index contributed by atoms with van der Waals surface area (Å²) in [5, 5.41) is 9.08. The van der Waals surface area contributed by atoms with E-state index in [-0.39, 0.29) is 17.3 Å². The molecule has 1 saturated carbocycles. The Kier molecular flexibility index (Phi) is 2.37. The summed E-state index contributed by atoms with van der Waals surface area (Å²) in [6.45, 7) is 3.95. The molecule has 0 aliphatic heterocycles. The lowest BCUT2D eigenvalue weighted by molar-refractivity contribution is -0.139. The second kappa shape index (κ2) is 3.47. The van der Waals surface area contributed by atoms with Gasteiger partial charge < -0.3 is 9.84 Å². The standard InChI is InChI=1S/C12H15NO3/c1-12(2)9(10(12)11(14)15)7-4-5-8(16-3)13-6-7/h4-6,9-10H,1-3H3,(H,14,15). The Morgan fingerprint density at radius 3 is 2.56 bits per heavy atom. The van der Waals surface area contributed by atoms with Crippen molar-refractivity contribution >= 4 is 5.97 Å². The Labute approximate surface area is 94.3 Å². The summed E-state index contributed by atoms with van der Waals surface area (Å²) >= 11 is 0. The summed E-state index contributed by atoms with van der Waals surface area (Å²) in [6, 6.07) is 3.66. The molecule has 0 bridgehead atoms. The quantitative estimate of drug-likeness (QED) is 0.847. The maximum Gasteiger partial charge on any atom is 0.307 e. The molecular weight excluding hydrogens is 206 g/mol. The van der Waals surface area contributed by atoms with Crippen LogP contribution in [0, 0.1) is 11.3 Å². The number of hydrogen-bond acceptors (Lipinski definition) is 3. The van der Waals surface area contributed by atoms with Crippen LogP contribution in [0.5, 0.6) is 5.88 Å². The van der Waals surface area contributed by atoms with E-state index in [1.165, 1.54) is 0 Å². The SMILES string of the molecule is COc1ccc(C2C(C(=O)O)C2(C)C)cn1. The molecule has 1 fully saturated rings. The molecule has 2 unspecified atom stereocenters. The van der Waals surface area contributed by atoms with Crippen LogP contribution in [-0.2, 0) is 4.79 Å². The summed E-state index contributed by atoms with van der Waals surface area (Å²) in [7, 11) is 1.56. The predicted octanol–water partition coefficient (Wildman–Crippen LogP) is 1.91. The molecule has 2 rings (SSSR count). The monoisotopic (exact) mass is 221 g/mol. The first-order valence-corrected chi connectivity index (χ1v) is 5.21. The van der Waals surface area contributed by atoms with Gasteiger partial charge in [-0.25, -0.2) is 4.98 Å². The first-order chi connectivity index (χ1) is 7.48. The Hall–Kier alpha value is -1.58. The number of carbonyl (C=O) groups is 1. The summed E-state index contributed by atoms with van der Waals surface area (Å²) < 4.78 is 4.97. The van der Waals surface area contributed by atoms with Gasteiger partial charge in [0.05, 0.1) is 13.0 Å². The largest absolute Gasteiger partial charge is 0.481 e. The van der Waals surface area contributed by atoms with Crippen molar-refractivity contribution in [3.63, 3.8) is 0 Å². The average Bonchev–Trinajstić information content (AvgIpc) is 2.82. The second-order valence-electron chi connectivity index (χ2n) is 4.75. The van der Waals surface area contributed by atoms with E-state index in [1.54, 1.807) is 19.4 Å². The minimum absolute atomic E-state index is 0.0587. The summed E-state index contributed by atoms with van der Waals surface area (Å²) in [5.74, 6) is -0.425. The summed E-state index contributed by atoms with van der Waals surface area (Å²) in [4.78, 5) is 15.1. The Bertz CT molecular complexity index is 411. The first kappa shape index (κ1) is 10.9. The molecule has 4 heteroatoms.